The number of amides is 4. The van der Waals surface area contributed by atoms with E-state index >= 15 is 0 Å². The molecule has 17 heavy (non-hydrogen) atoms. The summed E-state index contributed by atoms with van der Waals surface area (Å²) in [6.45, 7) is -0.0474. The third-order valence-electron chi connectivity index (χ3n) is 2.04. The number of urea groups is 2. The number of hydrogen-bond donors (Lipinski definition) is 5. The third kappa shape index (κ3) is 5.53. The van der Waals surface area contributed by atoms with Gasteiger partial charge in [0, 0.05) is 6.54 Å². The highest BCUT2D eigenvalue weighted by molar-refractivity contribution is 5.74. The topological polar surface area (TPSA) is 182 Å². The summed E-state index contributed by atoms with van der Waals surface area (Å²) in [5.41, 5.74) is 9.78. The molecule has 0 unspecified atom stereocenters. The molecule has 0 aromatic rings. The van der Waals surface area contributed by atoms with Gasteiger partial charge >= 0.3 is 18.0 Å². The van der Waals surface area contributed by atoms with Crippen molar-refractivity contribution in [2.45, 2.75) is 18.9 Å². The molecule has 0 aliphatic carbocycles. The maximum atomic E-state index is 10.8. The van der Waals surface area contributed by atoms with E-state index in [2.05, 4.69) is 0 Å². The normalized spacial score (nSPS) is 11.6. The fraction of sp³-hybridized carbons (Fsp3) is 0.571. The molecule has 0 saturated heterocycles. The average Bonchev–Trinajstić information content (AvgIpc) is 2.21. The van der Waals surface area contributed by atoms with E-state index in [0.29, 0.717) is 10.0 Å². The summed E-state index contributed by atoms with van der Waals surface area (Å²) in [6.07, 6.45) is -0.364. The number of carboxylic acids is 1. The Bertz CT molecular complexity index is 309. The number of carbonyl (C=O) groups excluding carboxylic acids is 2. The van der Waals surface area contributed by atoms with Crippen LogP contribution in [-0.2, 0) is 4.79 Å². The van der Waals surface area contributed by atoms with Gasteiger partial charge in [-0.3, -0.25) is 14.8 Å². The molecular formula is C7H16N6O4. The number of rotatable bonds is 6. The van der Waals surface area contributed by atoms with Crippen molar-refractivity contribution in [1.29, 1.82) is 0 Å². The molecule has 9 N–H and O–H groups in total. The maximum absolute atomic E-state index is 10.8. The first kappa shape index (κ1) is 14.9. The second-order valence-electron chi connectivity index (χ2n) is 3.32. The van der Waals surface area contributed by atoms with Crippen LogP contribution in [0, 0.1) is 0 Å². The second kappa shape index (κ2) is 6.50. The number of hydrazine groups is 2. The van der Waals surface area contributed by atoms with Crippen LogP contribution in [0.2, 0.25) is 0 Å². The minimum Gasteiger partial charge on any atom is -0.481 e. The Balaban J connectivity index is 4.44. The summed E-state index contributed by atoms with van der Waals surface area (Å²) in [7, 11) is 0. The van der Waals surface area contributed by atoms with Crippen molar-refractivity contribution in [2.75, 3.05) is 6.54 Å². The third-order valence-corrected chi connectivity index (χ3v) is 2.04. The van der Waals surface area contributed by atoms with Crippen LogP contribution in [0.4, 0.5) is 9.59 Å². The SMILES string of the molecule is NC(=O)N(N)CC[C@@H](CC(=O)O)N(N)C(N)=O. The first-order valence-electron chi connectivity index (χ1n) is 4.62. The van der Waals surface area contributed by atoms with Crippen molar-refractivity contribution in [3.05, 3.63) is 0 Å². The molecule has 0 aromatic carbocycles. The molecule has 0 radical (unpaired) electrons. The van der Waals surface area contributed by atoms with E-state index < -0.39 is 30.5 Å². The Morgan fingerprint density at radius 3 is 2.00 bits per heavy atom. The second-order valence-corrected chi connectivity index (χ2v) is 3.32. The number of carbonyl (C=O) groups is 3. The lowest BCUT2D eigenvalue weighted by molar-refractivity contribution is -0.138. The molecule has 10 heteroatoms. The fourth-order valence-electron chi connectivity index (χ4n) is 1.12. The molecule has 0 aliphatic heterocycles. The van der Waals surface area contributed by atoms with Crippen molar-refractivity contribution in [2.24, 2.45) is 23.2 Å². The summed E-state index contributed by atoms with van der Waals surface area (Å²) in [5, 5.41) is 9.89. The van der Waals surface area contributed by atoms with E-state index in [0.717, 1.165) is 0 Å². The van der Waals surface area contributed by atoms with Crippen LogP contribution < -0.4 is 23.2 Å². The predicted molar refractivity (Wildman–Crippen MR) is 56.7 cm³/mol. The van der Waals surface area contributed by atoms with E-state index in [-0.39, 0.29) is 13.0 Å². The summed E-state index contributed by atoms with van der Waals surface area (Å²) < 4.78 is 0. The maximum Gasteiger partial charge on any atom is 0.329 e. The van der Waals surface area contributed by atoms with E-state index in [1.54, 1.807) is 0 Å². The predicted octanol–water partition coefficient (Wildman–Crippen LogP) is -2.27. The Hall–Kier alpha value is -2.07. The van der Waals surface area contributed by atoms with Gasteiger partial charge in [0.2, 0.25) is 0 Å². The molecule has 4 amide bonds. The smallest absolute Gasteiger partial charge is 0.329 e. The van der Waals surface area contributed by atoms with Crippen LogP contribution in [0.1, 0.15) is 12.8 Å². The average molecular weight is 248 g/mol. The van der Waals surface area contributed by atoms with Crippen LogP contribution in [0.25, 0.3) is 0 Å². The van der Waals surface area contributed by atoms with Crippen molar-refractivity contribution in [1.82, 2.24) is 10.0 Å². The van der Waals surface area contributed by atoms with Gasteiger partial charge < -0.3 is 16.6 Å². The number of carboxylic acid groups (broad SMARTS) is 1. The first-order chi connectivity index (χ1) is 7.75. The molecule has 1 atom stereocenters. The lowest BCUT2D eigenvalue weighted by atomic mass is 10.1. The zero-order chi connectivity index (χ0) is 13.6. The van der Waals surface area contributed by atoms with E-state index in [1.165, 1.54) is 0 Å². The molecule has 0 bridgehead atoms. The van der Waals surface area contributed by atoms with E-state index in [9.17, 15) is 14.4 Å². The molecule has 0 rings (SSSR count). The molecule has 0 fully saturated rings. The molecule has 0 saturated carbocycles. The molecular weight excluding hydrogens is 232 g/mol. The zero-order valence-electron chi connectivity index (χ0n) is 9.07. The Labute approximate surface area is 97.0 Å². The van der Waals surface area contributed by atoms with Crippen molar-refractivity contribution in [3.8, 4) is 0 Å². The number of aliphatic carboxylic acids is 1. The van der Waals surface area contributed by atoms with Crippen LogP contribution in [0.15, 0.2) is 0 Å². The number of nitrogens with zero attached hydrogens (tertiary/aromatic N) is 2. The van der Waals surface area contributed by atoms with Gasteiger partial charge in [-0.1, -0.05) is 0 Å². The standard InChI is InChI=1S/C7H16N6O4/c8-6(16)12(10)2-1-4(3-5(14)15)13(11)7(9)17/h4H,1-3,10-11H2,(H2,8,16)(H2,9,17)(H,14,15)/t4-/m0/s1. The van der Waals surface area contributed by atoms with Gasteiger partial charge in [-0.25, -0.2) is 21.3 Å². The van der Waals surface area contributed by atoms with Crippen LogP contribution in [0.5, 0.6) is 0 Å². The highest BCUT2D eigenvalue weighted by Gasteiger charge is 2.22. The lowest BCUT2D eigenvalue weighted by Gasteiger charge is -2.26. The zero-order valence-corrected chi connectivity index (χ0v) is 9.07. The minimum absolute atomic E-state index is 0.0468. The van der Waals surface area contributed by atoms with Gasteiger partial charge in [0.05, 0.1) is 12.5 Å². The molecule has 98 valence electrons. The van der Waals surface area contributed by atoms with Crippen LogP contribution >= 0.6 is 0 Å². The number of nitrogens with two attached hydrogens (primary N) is 4. The quantitative estimate of drug-likeness (QED) is 0.200. The highest BCUT2D eigenvalue weighted by Crippen LogP contribution is 2.05. The van der Waals surface area contributed by atoms with Crippen LogP contribution in [0.3, 0.4) is 0 Å². The summed E-state index contributed by atoms with van der Waals surface area (Å²) in [5.74, 6) is 9.34. The van der Waals surface area contributed by atoms with Gasteiger partial charge in [-0.2, -0.15) is 0 Å². The first-order valence-corrected chi connectivity index (χ1v) is 4.62. The van der Waals surface area contributed by atoms with Crippen molar-refractivity contribution >= 4 is 18.0 Å². The van der Waals surface area contributed by atoms with E-state index in [4.69, 9.17) is 28.3 Å². The molecule has 0 aliphatic rings. The lowest BCUT2D eigenvalue weighted by Crippen LogP contribution is -2.51. The largest absolute Gasteiger partial charge is 0.481 e. The highest BCUT2D eigenvalue weighted by atomic mass is 16.4. The van der Waals surface area contributed by atoms with Crippen molar-refractivity contribution in [3.63, 3.8) is 0 Å². The molecule has 10 nitrogen and oxygen atoms in total. The van der Waals surface area contributed by atoms with Gasteiger partial charge in [0.1, 0.15) is 0 Å². The number of primary amides is 2. The monoisotopic (exact) mass is 248 g/mol. The van der Waals surface area contributed by atoms with E-state index in [1.807, 2.05) is 0 Å². The Kier molecular flexibility index (Phi) is 5.71. The van der Waals surface area contributed by atoms with Gasteiger partial charge in [-0.15, -0.1) is 0 Å². The summed E-state index contributed by atoms with van der Waals surface area (Å²) in [4.78, 5) is 31.9. The van der Waals surface area contributed by atoms with Crippen LogP contribution in [-0.4, -0.2) is 45.7 Å². The van der Waals surface area contributed by atoms with Gasteiger partial charge in [-0.05, 0) is 6.42 Å². The van der Waals surface area contributed by atoms with Gasteiger partial charge in [0.25, 0.3) is 0 Å². The number of hydrogen-bond acceptors (Lipinski definition) is 5. The summed E-state index contributed by atoms with van der Waals surface area (Å²) in [6, 6.07) is -2.71. The summed E-state index contributed by atoms with van der Waals surface area (Å²) >= 11 is 0. The molecule has 0 heterocycles. The fourth-order valence-corrected chi connectivity index (χ4v) is 1.12. The van der Waals surface area contributed by atoms with Gasteiger partial charge in [0.15, 0.2) is 0 Å². The molecule has 0 spiro atoms. The Morgan fingerprint density at radius 1 is 1.12 bits per heavy atom. The minimum atomic E-state index is -1.16. The van der Waals surface area contributed by atoms with Crippen molar-refractivity contribution < 1.29 is 19.5 Å². The molecule has 0 aromatic heterocycles. The Morgan fingerprint density at radius 2 is 1.65 bits per heavy atom.